The highest BCUT2D eigenvalue weighted by molar-refractivity contribution is 5.94. The Kier molecular flexibility index (Phi) is 12.9. The molecule has 5 rings (SSSR count). The van der Waals surface area contributed by atoms with E-state index in [0.717, 1.165) is 35.3 Å². The number of nitrogens with zero attached hydrogens (tertiary/aromatic N) is 7. The van der Waals surface area contributed by atoms with Crippen molar-refractivity contribution in [3.05, 3.63) is 60.6 Å². The van der Waals surface area contributed by atoms with Crippen LogP contribution in [0.2, 0.25) is 0 Å². The number of anilines is 1. The highest BCUT2D eigenvalue weighted by Crippen LogP contribution is 2.38. The van der Waals surface area contributed by atoms with Crippen LogP contribution in [0.25, 0.3) is 22.3 Å². The standard InChI is InChI=1S/C40H55FN8O2/c1-30(2)46-38(50)31-15-16-35(34(41)23-31)48-26-40(27-48,19-20-42)49-25-32(24-45-49)36-33-17-21-47(37(33)44-28-43-36)29-51-22-14-12-10-8-6-7-9-11-13-18-39(3,4)5/h15-17,21,23-25,28,30H,6-14,18-19,22,26-27,29H2,1-5H3,(H,46,50). The van der Waals surface area contributed by atoms with Gasteiger partial charge in [0.05, 0.1) is 30.1 Å². The van der Waals surface area contributed by atoms with E-state index in [4.69, 9.17) is 4.74 Å². The minimum atomic E-state index is -0.620. The Morgan fingerprint density at radius 1 is 1.04 bits per heavy atom. The summed E-state index contributed by atoms with van der Waals surface area (Å²) in [6.07, 6.45) is 20.3. The Bertz CT molecular complexity index is 1780. The number of halogens is 1. The molecule has 1 fully saturated rings. The largest absolute Gasteiger partial charge is 0.364 e. The topological polar surface area (TPSA) is 114 Å². The summed E-state index contributed by atoms with van der Waals surface area (Å²) in [5, 5.41) is 18.1. The molecule has 0 spiro atoms. The van der Waals surface area contributed by atoms with Gasteiger partial charge in [-0.3, -0.25) is 9.48 Å². The molecule has 51 heavy (non-hydrogen) atoms. The average Bonchev–Trinajstić information content (AvgIpc) is 3.72. The summed E-state index contributed by atoms with van der Waals surface area (Å²) < 4.78 is 25.0. The summed E-state index contributed by atoms with van der Waals surface area (Å²) in [4.78, 5) is 23.3. The number of aromatic nitrogens is 5. The number of amides is 1. The molecule has 4 aromatic rings. The molecular weight excluding hydrogens is 643 g/mol. The number of hydrogen-bond donors (Lipinski definition) is 1. The lowest BCUT2D eigenvalue weighted by atomic mass is 9.86. The van der Waals surface area contributed by atoms with Gasteiger partial charge in [-0.1, -0.05) is 72.1 Å². The fraction of sp³-hybridized carbons (Fsp3) is 0.575. The van der Waals surface area contributed by atoms with Gasteiger partial charge in [-0.05, 0) is 56.4 Å². The second-order valence-corrected chi connectivity index (χ2v) is 15.7. The highest BCUT2D eigenvalue weighted by Gasteiger charge is 2.46. The molecule has 4 heterocycles. The molecule has 0 bridgehead atoms. The smallest absolute Gasteiger partial charge is 0.251 e. The van der Waals surface area contributed by atoms with E-state index in [9.17, 15) is 10.1 Å². The molecule has 1 amide bonds. The zero-order valence-corrected chi connectivity index (χ0v) is 31.1. The monoisotopic (exact) mass is 698 g/mol. The predicted molar refractivity (Wildman–Crippen MR) is 200 cm³/mol. The third-order valence-corrected chi connectivity index (χ3v) is 9.69. The van der Waals surface area contributed by atoms with E-state index in [2.05, 4.69) is 47.2 Å². The molecule has 3 aromatic heterocycles. The van der Waals surface area contributed by atoms with Gasteiger partial charge in [-0.2, -0.15) is 10.4 Å². The van der Waals surface area contributed by atoms with Gasteiger partial charge in [0.1, 0.15) is 30.1 Å². The summed E-state index contributed by atoms with van der Waals surface area (Å²) in [5.41, 5.74) is 2.86. The number of fused-ring (bicyclic) bond motifs is 1. The predicted octanol–water partition coefficient (Wildman–Crippen LogP) is 8.62. The molecule has 11 heteroatoms. The van der Waals surface area contributed by atoms with Gasteiger partial charge in [0.25, 0.3) is 5.91 Å². The third-order valence-electron chi connectivity index (χ3n) is 9.69. The van der Waals surface area contributed by atoms with E-state index in [1.54, 1.807) is 24.7 Å². The van der Waals surface area contributed by atoms with Gasteiger partial charge >= 0.3 is 0 Å². The van der Waals surface area contributed by atoms with Crippen LogP contribution in [0, 0.1) is 22.6 Å². The van der Waals surface area contributed by atoms with Gasteiger partial charge in [0, 0.05) is 54.6 Å². The van der Waals surface area contributed by atoms with Crippen LogP contribution in [0.1, 0.15) is 116 Å². The fourth-order valence-electron chi connectivity index (χ4n) is 6.87. The van der Waals surface area contributed by atoms with E-state index in [1.165, 1.54) is 63.9 Å². The van der Waals surface area contributed by atoms with Crippen LogP contribution in [0.4, 0.5) is 10.1 Å². The van der Waals surface area contributed by atoms with Crippen molar-refractivity contribution >= 4 is 22.6 Å². The van der Waals surface area contributed by atoms with Crippen molar-refractivity contribution in [1.82, 2.24) is 29.6 Å². The zero-order valence-electron chi connectivity index (χ0n) is 31.1. The van der Waals surface area contributed by atoms with Crippen molar-refractivity contribution in [1.29, 1.82) is 5.26 Å². The minimum Gasteiger partial charge on any atom is -0.364 e. The number of ether oxygens (including phenoxy) is 1. The molecule has 0 unspecified atom stereocenters. The van der Waals surface area contributed by atoms with Gasteiger partial charge in [0.15, 0.2) is 0 Å². The summed E-state index contributed by atoms with van der Waals surface area (Å²) in [6, 6.07) is 8.77. The number of hydrogen-bond acceptors (Lipinski definition) is 7. The first-order valence-electron chi connectivity index (χ1n) is 18.7. The first-order valence-corrected chi connectivity index (χ1v) is 18.7. The molecule has 1 aromatic carbocycles. The number of nitriles is 1. The van der Waals surface area contributed by atoms with E-state index in [0.29, 0.717) is 30.9 Å². The van der Waals surface area contributed by atoms with Crippen molar-refractivity contribution in [2.45, 2.75) is 124 Å². The van der Waals surface area contributed by atoms with Crippen LogP contribution in [0.5, 0.6) is 0 Å². The molecular formula is C40H55FN8O2. The summed E-state index contributed by atoms with van der Waals surface area (Å²) in [5.74, 6) is -0.786. The summed E-state index contributed by atoms with van der Waals surface area (Å²) >= 11 is 0. The SMILES string of the molecule is CC(C)NC(=O)c1ccc(N2CC(CC#N)(n3cc(-c4ncnc5c4ccn5COCCCCCCCCCCCC(C)(C)C)cn3)C2)c(F)c1. The van der Waals surface area contributed by atoms with Crippen LogP contribution >= 0.6 is 0 Å². The van der Waals surface area contributed by atoms with Crippen molar-refractivity contribution in [2.75, 3.05) is 24.6 Å². The highest BCUT2D eigenvalue weighted by atomic mass is 19.1. The van der Waals surface area contributed by atoms with E-state index in [-0.39, 0.29) is 23.9 Å². The molecule has 1 aliphatic heterocycles. The third kappa shape index (κ3) is 9.94. The Labute approximate surface area is 302 Å². The van der Waals surface area contributed by atoms with Gasteiger partial charge in [-0.15, -0.1) is 0 Å². The Morgan fingerprint density at radius 3 is 2.41 bits per heavy atom. The maximum absolute atomic E-state index is 15.1. The lowest BCUT2D eigenvalue weighted by Crippen LogP contribution is -2.63. The van der Waals surface area contributed by atoms with E-state index in [1.807, 2.05) is 46.5 Å². The quantitative estimate of drug-likeness (QED) is 0.0976. The first-order chi connectivity index (χ1) is 24.5. The lowest BCUT2D eigenvalue weighted by molar-refractivity contribution is 0.0763. The molecule has 10 nitrogen and oxygen atoms in total. The van der Waals surface area contributed by atoms with Crippen molar-refractivity contribution < 1.29 is 13.9 Å². The van der Waals surface area contributed by atoms with E-state index < -0.39 is 11.4 Å². The summed E-state index contributed by atoms with van der Waals surface area (Å²) in [7, 11) is 0. The van der Waals surface area contributed by atoms with Crippen molar-refractivity contribution in [3.8, 4) is 17.3 Å². The molecule has 1 aliphatic rings. The van der Waals surface area contributed by atoms with Crippen LogP contribution in [0.15, 0.2) is 49.2 Å². The Morgan fingerprint density at radius 2 is 1.75 bits per heavy atom. The van der Waals surface area contributed by atoms with Crippen molar-refractivity contribution in [3.63, 3.8) is 0 Å². The number of unbranched alkanes of at least 4 members (excludes halogenated alkanes) is 8. The van der Waals surface area contributed by atoms with Gasteiger partial charge < -0.3 is 19.5 Å². The Balaban J connectivity index is 1.11. The van der Waals surface area contributed by atoms with Gasteiger partial charge in [0.2, 0.25) is 0 Å². The fourth-order valence-corrected chi connectivity index (χ4v) is 6.87. The minimum absolute atomic E-state index is 0.0450. The zero-order chi connectivity index (χ0) is 36.4. The lowest BCUT2D eigenvalue weighted by Gasteiger charge is -2.50. The molecule has 0 aliphatic carbocycles. The van der Waals surface area contributed by atoms with E-state index >= 15 is 4.39 Å². The Hall–Kier alpha value is -4.30. The normalized spacial score (nSPS) is 14.2. The number of carbonyl (C=O) groups excluding carboxylic acids is 1. The molecule has 0 atom stereocenters. The van der Waals surface area contributed by atoms with Crippen LogP contribution in [0.3, 0.4) is 0 Å². The summed E-state index contributed by atoms with van der Waals surface area (Å²) in [6.45, 7) is 12.6. The molecule has 1 N–H and O–H groups in total. The molecule has 0 saturated carbocycles. The van der Waals surface area contributed by atoms with Crippen LogP contribution in [-0.4, -0.2) is 56.0 Å². The second-order valence-electron chi connectivity index (χ2n) is 15.7. The maximum atomic E-state index is 15.1. The second kappa shape index (κ2) is 17.3. The maximum Gasteiger partial charge on any atom is 0.251 e. The number of benzene rings is 1. The number of carbonyl (C=O) groups is 1. The first kappa shape index (κ1) is 37.9. The van der Waals surface area contributed by atoms with Crippen LogP contribution in [-0.2, 0) is 17.0 Å². The number of nitrogens with one attached hydrogen (secondary N) is 1. The number of rotatable bonds is 19. The average molecular weight is 699 g/mol. The molecule has 1 saturated heterocycles. The molecule has 0 radical (unpaired) electrons. The molecule has 274 valence electrons. The van der Waals surface area contributed by atoms with Gasteiger partial charge in [-0.25, -0.2) is 14.4 Å². The van der Waals surface area contributed by atoms with Crippen LogP contribution < -0.4 is 10.2 Å². The van der Waals surface area contributed by atoms with Crippen molar-refractivity contribution in [2.24, 2.45) is 5.41 Å².